The van der Waals surface area contributed by atoms with Crippen LogP contribution in [0.2, 0.25) is 18.1 Å². The number of hydrogen-bond donors (Lipinski definition) is 2. The van der Waals surface area contributed by atoms with Crippen molar-refractivity contribution in [1.29, 1.82) is 0 Å². The van der Waals surface area contributed by atoms with E-state index in [9.17, 15) is 14.0 Å². The van der Waals surface area contributed by atoms with Gasteiger partial charge in [-0.15, -0.1) is 0 Å². The van der Waals surface area contributed by atoms with E-state index in [-0.39, 0.29) is 29.4 Å². The first kappa shape index (κ1) is 30.5. The number of carbonyl (C=O) groups is 1. The number of rotatable bonds is 12. The number of nitrogens with one attached hydrogen (secondary N) is 1. The van der Waals surface area contributed by atoms with Crippen molar-refractivity contribution in [3.63, 3.8) is 0 Å². The molecule has 7 heteroatoms. The highest BCUT2D eigenvalue weighted by atomic mass is 28.4. The molecule has 1 aliphatic rings. The molecule has 0 aliphatic heterocycles. The van der Waals surface area contributed by atoms with Crippen LogP contribution in [0.25, 0.3) is 17.2 Å². The summed E-state index contributed by atoms with van der Waals surface area (Å²) < 4.78 is 25.7. The fourth-order valence-corrected chi connectivity index (χ4v) is 5.86. The summed E-state index contributed by atoms with van der Waals surface area (Å²) >= 11 is 0. The molecule has 218 valence electrons. The highest BCUT2D eigenvalue weighted by Crippen LogP contribution is 2.44. The van der Waals surface area contributed by atoms with Gasteiger partial charge in [-0.1, -0.05) is 81.5 Å². The summed E-state index contributed by atoms with van der Waals surface area (Å²) in [6.07, 6.45) is 5.49. The molecule has 4 rings (SSSR count). The van der Waals surface area contributed by atoms with Crippen LogP contribution in [0.15, 0.2) is 72.8 Å². The quantitative estimate of drug-likeness (QED) is 0.168. The van der Waals surface area contributed by atoms with Gasteiger partial charge in [0.05, 0.1) is 12.6 Å². The fourth-order valence-electron chi connectivity index (χ4n) is 5.07. The van der Waals surface area contributed by atoms with Gasteiger partial charge in [-0.3, -0.25) is 0 Å². The number of alkyl carbamates (subject to hydrolysis) is 1. The van der Waals surface area contributed by atoms with Crippen molar-refractivity contribution in [2.75, 3.05) is 13.2 Å². The summed E-state index contributed by atoms with van der Waals surface area (Å²) in [7, 11) is -2.29. The number of hydrogen-bond acceptors (Lipinski definition) is 4. The van der Waals surface area contributed by atoms with E-state index in [0.29, 0.717) is 18.8 Å². The normalized spacial score (nSPS) is 14.0. The summed E-state index contributed by atoms with van der Waals surface area (Å²) in [5, 5.41) is 2.80. The smallest absolute Gasteiger partial charge is 0.407 e. The maximum Gasteiger partial charge on any atom is 0.407 e. The largest absolute Gasteiger partial charge is 0.493 e. The minimum absolute atomic E-state index is 0.000871. The number of amides is 1. The minimum atomic E-state index is -2.29. The van der Waals surface area contributed by atoms with Crippen molar-refractivity contribution >= 4 is 20.5 Å². The fraction of sp³-hybridized carbons (Fsp3) is 0.382. The second kappa shape index (κ2) is 13.0. The third-order valence-corrected chi connectivity index (χ3v) is 12.0. The molecule has 0 fully saturated rings. The molecule has 0 spiro atoms. The average Bonchev–Trinajstić information content (AvgIpc) is 3.26. The first-order chi connectivity index (χ1) is 19.5. The molecule has 1 aliphatic carbocycles. The van der Waals surface area contributed by atoms with Gasteiger partial charge < -0.3 is 19.6 Å². The van der Waals surface area contributed by atoms with Crippen molar-refractivity contribution < 1.29 is 23.5 Å². The van der Waals surface area contributed by atoms with E-state index in [1.165, 1.54) is 34.4 Å². The summed E-state index contributed by atoms with van der Waals surface area (Å²) in [6, 6.07) is 20.7. The van der Waals surface area contributed by atoms with Gasteiger partial charge in [0.15, 0.2) is 8.32 Å². The molecule has 0 unspecified atom stereocenters. The molecule has 0 saturated heterocycles. The Labute approximate surface area is 244 Å². The molecule has 0 bridgehead atoms. The number of halogens is 1. The Hall–Kier alpha value is -3.42. The SMILES string of the molecule is CC[C@H](/C=C/c1ccc(F)cc1OCCCC(C)(C)[Si](C)(C)O)NC(=O)OCC1c2ccccc2-c2ccccc21. The van der Waals surface area contributed by atoms with E-state index >= 15 is 0 Å². The molecular weight excluding hydrogens is 533 g/mol. The van der Waals surface area contributed by atoms with E-state index in [2.05, 4.69) is 43.4 Å². The van der Waals surface area contributed by atoms with Crippen molar-refractivity contribution in [3.8, 4) is 16.9 Å². The van der Waals surface area contributed by atoms with E-state index in [1.807, 2.05) is 56.4 Å². The summed E-state index contributed by atoms with van der Waals surface area (Å²) in [5.41, 5.74) is 5.44. The zero-order valence-corrected chi connectivity index (χ0v) is 25.7. The van der Waals surface area contributed by atoms with Gasteiger partial charge in [0, 0.05) is 17.5 Å². The predicted octanol–water partition coefficient (Wildman–Crippen LogP) is 8.29. The lowest BCUT2D eigenvalue weighted by molar-refractivity contribution is 0.140. The van der Waals surface area contributed by atoms with Crippen LogP contribution >= 0.6 is 0 Å². The maximum absolute atomic E-state index is 14.0. The second-order valence-electron chi connectivity index (χ2n) is 11.9. The molecule has 0 saturated carbocycles. The van der Waals surface area contributed by atoms with Gasteiger partial charge in [-0.25, -0.2) is 9.18 Å². The Morgan fingerprint density at radius 3 is 2.32 bits per heavy atom. The molecule has 0 heterocycles. The Kier molecular flexibility index (Phi) is 9.71. The molecule has 1 amide bonds. The van der Waals surface area contributed by atoms with E-state index in [0.717, 1.165) is 18.4 Å². The Balaban J connectivity index is 1.34. The molecule has 1 atom stereocenters. The van der Waals surface area contributed by atoms with Crippen molar-refractivity contribution in [1.82, 2.24) is 5.32 Å². The topological polar surface area (TPSA) is 67.8 Å². The van der Waals surface area contributed by atoms with Crippen molar-refractivity contribution in [2.45, 2.75) is 70.1 Å². The third-order valence-electron chi connectivity index (χ3n) is 8.43. The van der Waals surface area contributed by atoms with E-state index < -0.39 is 14.4 Å². The molecule has 5 nitrogen and oxygen atoms in total. The monoisotopic (exact) mass is 575 g/mol. The highest BCUT2D eigenvalue weighted by molar-refractivity contribution is 6.72. The summed E-state index contributed by atoms with van der Waals surface area (Å²) in [5.74, 6) is 0.0831. The maximum atomic E-state index is 14.0. The molecule has 3 aromatic carbocycles. The van der Waals surface area contributed by atoms with Crippen LogP contribution in [0.4, 0.5) is 9.18 Å². The number of carbonyl (C=O) groups excluding carboxylic acids is 1. The van der Waals surface area contributed by atoms with Gasteiger partial charge >= 0.3 is 6.09 Å². The summed E-state index contributed by atoms with van der Waals surface area (Å²) in [6.45, 7) is 10.7. The predicted molar refractivity (Wildman–Crippen MR) is 166 cm³/mol. The molecule has 41 heavy (non-hydrogen) atoms. The van der Waals surface area contributed by atoms with Crippen molar-refractivity contribution in [3.05, 3.63) is 95.3 Å². The van der Waals surface area contributed by atoms with Crippen LogP contribution in [-0.2, 0) is 4.74 Å². The van der Waals surface area contributed by atoms with Gasteiger partial charge in [0.2, 0.25) is 0 Å². The number of ether oxygens (including phenoxy) is 2. The van der Waals surface area contributed by atoms with E-state index in [4.69, 9.17) is 9.47 Å². The minimum Gasteiger partial charge on any atom is -0.493 e. The van der Waals surface area contributed by atoms with Crippen LogP contribution in [0.3, 0.4) is 0 Å². The molecule has 0 radical (unpaired) electrons. The molecule has 2 N–H and O–H groups in total. The van der Waals surface area contributed by atoms with Crippen LogP contribution in [0.5, 0.6) is 5.75 Å². The number of fused-ring (bicyclic) bond motifs is 3. The Morgan fingerprint density at radius 1 is 1.07 bits per heavy atom. The van der Waals surface area contributed by atoms with E-state index in [1.54, 1.807) is 6.07 Å². The lowest BCUT2D eigenvalue weighted by Gasteiger charge is -2.35. The zero-order chi connectivity index (χ0) is 29.6. The van der Waals surface area contributed by atoms with Gasteiger partial charge in [-0.05, 0) is 71.8 Å². The molecule has 3 aromatic rings. The first-order valence-electron chi connectivity index (χ1n) is 14.4. The average molecular weight is 576 g/mol. The highest BCUT2D eigenvalue weighted by Gasteiger charge is 2.37. The van der Waals surface area contributed by atoms with Gasteiger partial charge in [-0.2, -0.15) is 0 Å². The first-order valence-corrected chi connectivity index (χ1v) is 17.4. The Morgan fingerprint density at radius 2 is 1.71 bits per heavy atom. The lowest BCUT2D eigenvalue weighted by Crippen LogP contribution is -2.39. The Bertz CT molecular complexity index is 1340. The van der Waals surface area contributed by atoms with Gasteiger partial charge in [0.1, 0.15) is 18.2 Å². The second-order valence-corrected chi connectivity index (χ2v) is 16.4. The standard InChI is InChI=1S/C34H42FNO4Si/c1-6-26(19-17-24-16-18-25(35)22-32(24)39-21-11-20-34(2,3)41(4,5)38)36-33(37)40-23-31-29-14-9-7-12-27(29)28-13-8-10-15-30(28)31/h7-10,12-19,22,26,31,38H,6,11,20-21,23H2,1-5H3,(H,36,37)/b19-17+/t26-/m1/s1. The third kappa shape index (κ3) is 7.46. The molecule has 0 aromatic heterocycles. The number of benzene rings is 3. The lowest BCUT2D eigenvalue weighted by atomic mass is 9.98. The van der Waals surface area contributed by atoms with Crippen LogP contribution in [0, 0.1) is 5.82 Å². The van der Waals surface area contributed by atoms with Crippen LogP contribution in [-0.4, -0.2) is 38.5 Å². The van der Waals surface area contributed by atoms with Crippen molar-refractivity contribution in [2.24, 2.45) is 0 Å². The summed E-state index contributed by atoms with van der Waals surface area (Å²) in [4.78, 5) is 23.3. The zero-order valence-electron chi connectivity index (χ0n) is 24.7. The van der Waals surface area contributed by atoms with Crippen LogP contribution < -0.4 is 10.1 Å². The van der Waals surface area contributed by atoms with Crippen LogP contribution in [0.1, 0.15) is 62.6 Å². The molecular formula is C34H42FNO4Si. The van der Waals surface area contributed by atoms with Gasteiger partial charge in [0.25, 0.3) is 0 Å².